The van der Waals surface area contributed by atoms with E-state index in [-0.39, 0.29) is 22.7 Å². The number of ketones is 1. The van der Waals surface area contributed by atoms with E-state index in [9.17, 15) is 14.3 Å². The van der Waals surface area contributed by atoms with Gasteiger partial charge in [-0.15, -0.1) is 0 Å². The quantitative estimate of drug-likeness (QED) is 0.412. The maximum Gasteiger partial charge on any atom is 0.584 e. The highest BCUT2D eigenvalue weighted by Crippen LogP contribution is 2.44. The zero-order chi connectivity index (χ0) is 21.1. The second-order valence-corrected chi connectivity index (χ2v) is 8.95. The molecule has 1 unspecified atom stereocenters. The van der Waals surface area contributed by atoms with Crippen LogP contribution in [-0.4, -0.2) is 10.7 Å². The van der Waals surface area contributed by atoms with Gasteiger partial charge in [-0.25, -0.2) is 4.57 Å². The third-order valence-electron chi connectivity index (χ3n) is 4.31. The normalized spacial score (nSPS) is 13.4. The Labute approximate surface area is 170 Å². The number of hydrogen-bond acceptors (Lipinski definition) is 4. The summed E-state index contributed by atoms with van der Waals surface area (Å²) >= 11 is 0. The number of carbonyl (C=O) groups is 1. The molecule has 3 aromatic rings. The Bertz CT molecular complexity index is 1020. The summed E-state index contributed by atoms with van der Waals surface area (Å²) in [5.41, 5.74) is 2.19. The molecular weight excluding hydrogens is 387 g/mol. The molecule has 0 aliphatic heterocycles. The Morgan fingerprint density at radius 3 is 1.69 bits per heavy atom. The smallest absolute Gasteiger partial charge is 0.395 e. The zero-order valence-electron chi connectivity index (χ0n) is 16.5. The predicted molar refractivity (Wildman–Crippen MR) is 113 cm³/mol. The van der Waals surface area contributed by atoms with E-state index in [1.165, 1.54) is 12.1 Å². The molecule has 3 rings (SSSR count). The Kier molecular flexibility index (Phi) is 5.92. The predicted octanol–water partition coefficient (Wildman–Crippen LogP) is 5.77. The van der Waals surface area contributed by atoms with Gasteiger partial charge in [0.2, 0.25) is 0 Å². The van der Waals surface area contributed by atoms with E-state index in [0.29, 0.717) is 11.1 Å². The molecule has 0 aromatic heterocycles. The molecule has 0 spiro atoms. The van der Waals surface area contributed by atoms with Gasteiger partial charge in [-0.3, -0.25) is 9.69 Å². The van der Waals surface area contributed by atoms with Crippen molar-refractivity contribution in [3.63, 3.8) is 0 Å². The fraction of sp³-hybridized carbons (Fsp3) is 0.174. The topological polar surface area (TPSA) is 72.8 Å². The molecule has 0 amide bonds. The molecule has 0 aliphatic rings. The highest BCUT2D eigenvalue weighted by Gasteiger charge is 2.25. The molecule has 0 radical (unpaired) electrons. The van der Waals surface area contributed by atoms with Gasteiger partial charge in [0.25, 0.3) is 0 Å². The van der Waals surface area contributed by atoms with Crippen LogP contribution in [0.3, 0.4) is 0 Å². The van der Waals surface area contributed by atoms with Crippen LogP contribution in [0.1, 0.15) is 42.3 Å². The molecule has 1 atom stereocenters. The minimum atomic E-state index is -4.34. The van der Waals surface area contributed by atoms with Crippen molar-refractivity contribution in [2.75, 3.05) is 0 Å². The van der Waals surface area contributed by atoms with E-state index >= 15 is 0 Å². The van der Waals surface area contributed by atoms with Crippen molar-refractivity contribution in [2.45, 2.75) is 26.2 Å². The van der Waals surface area contributed by atoms with Gasteiger partial charge in [-0.1, -0.05) is 63.2 Å². The lowest BCUT2D eigenvalue weighted by atomic mass is 9.86. The largest absolute Gasteiger partial charge is 0.584 e. The van der Waals surface area contributed by atoms with Crippen LogP contribution in [0.5, 0.6) is 11.5 Å². The monoisotopic (exact) mass is 410 g/mol. The van der Waals surface area contributed by atoms with Crippen LogP contribution >= 0.6 is 7.82 Å². The summed E-state index contributed by atoms with van der Waals surface area (Å²) in [5, 5.41) is 0. The van der Waals surface area contributed by atoms with Crippen LogP contribution in [0.4, 0.5) is 0 Å². The van der Waals surface area contributed by atoms with Crippen LogP contribution in [-0.2, 0) is 9.98 Å². The second kappa shape index (κ2) is 8.24. The SMILES string of the molecule is CC(C)(C)c1ccc(C(=O)c2ccc(OP(=O)(O)Oc3ccccc3)cc2)cc1. The molecule has 3 aromatic carbocycles. The van der Waals surface area contributed by atoms with Crippen molar-refractivity contribution < 1.29 is 23.3 Å². The maximum atomic E-state index is 12.7. The fourth-order valence-corrected chi connectivity index (χ4v) is 3.54. The molecule has 0 fully saturated rings. The van der Waals surface area contributed by atoms with E-state index < -0.39 is 7.82 Å². The van der Waals surface area contributed by atoms with Crippen molar-refractivity contribution in [1.82, 2.24) is 0 Å². The molecule has 150 valence electrons. The first kappa shape index (κ1) is 20.8. The molecule has 0 aliphatic carbocycles. The van der Waals surface area contributed by atoms with E-state index in [4.69, 9.17) is 9.05 Å². The van der Waals surface area contributed by atoms with Crippen molar-refractivity contribution in [3.8, 4) is 11.5 Å². The summed E-state index contributed by atoms with van der Waals surface area (Å²) in [7, 11) is -4.34. The summed E-state index contributed by atoms with van der Waals surface area (Å²) in [5.74, 6) is 0.222. The number of hydrogen-bond donors (Lipinski definition) is 1. The van der Waals surface area contributed by atoms with E-state index in [1.54, 1.807) is 42.5 Å². The third-order valence-corrected chi connectivity index (χ3v) is 5.20. The molecule has 6 heteroatoms. The minimum absolute atomic E-state index is 0.0145. The fourth-order valence-electron chi connectivity index (χ4n) is 2.72. The van der Waals surface area contributed by atoms with Gasteiger partial charge in [0, 0.05) is 11.1 Å². The van der Waals surface area contributed by atoms with Gasteiger partial charge in [-0.2, -0.15) is 0 Å². The maximum absolute atomic E-state index is 12.7. The molecule has 1 N–H and O–H groups in total. The molecule has 0 heterocycles. The highest BCUT2D eigenvalue weighted by molar-refractivity contribution is 7.48. The molecular formula is C23H23O5P. The van der Waals surface area contributed by atoms with E-state index in [2.05, 4.69) is 20.8 Å². The summed E-state index contributed by atoms with van der Waals surface area (Å²) in [4.78, 5) is 22.6. The molecule has 0 saturated heterocycles. The Morgan fingerprint density at radius 1 is 0.759 bits per heavy atom. The number of benzene rings is 3. The van der Waals surface area contributed by atoms with Gasteiger partial charge in [0.1, 0.15) is 11.5 Å². The van der Waals surface area contributed by atoms with Gasteiger partial charge in [0.05, 0.1) is 0 Å². The molecule has 29 heavy (non-hydrogen) atoms. The molecule has 5 nitrogen and oxygen atoms in total. The number of carbonyl (C=O) groups excluding carboxylic acids is 1. The first-order chi connectivity index (χ1) is 13.6. The Morgan fingerprint density at radius 2 is 1.21 bits per heavy atom. The number of rotatable bonds is 6. The second-order valence-electron chi connectivity index (χ2n) is 7.65. The zero-order valence-corrected chi connectivity index (χ0v) is 17.4. The summed E-state index contributed by atoms with van der Waals surface area (Å²) in [6, 6.07) is 21.8. The van der Waals surface area contributed by atoms with E-state index in [1.807, 2.05) is 24.3 Å². The van der Waals surface area contributed by atoms with Gasteiger partial charge in [-0.05, 0) is 47.4 Å². The van der Waals surface area contributed by atoms with Gasteiger partial charge in [0.15, 0.2) is 5.78 Å². The Hall–Kier alpha value is -2.88. The van der Waals surface area contributed by atoms with Crippen LogP contribution in [0.25, 0.3) is 0 Å². The summed E-state index contributed by atoms with van der Waals surface area (Å²) < 4.78 is 22.2. The molecule has 0 bridgehead atoms. The average Bonchev–Trinajstić information content (AvgIpc) is 2.67. The minimum Gasteiger partial charge on any atom is -0.395 e. The average molecular weight is 410 g/mol. The first-order valence-corrected chi connectivity index (χ1v) is 10.7. The molecule has 0 saturated carbocycles. The van der Waals surface area contributed by atoms with Gasteiger partial charge < -0.3 is 9.05 Å². The highest BCUT2D eigenvalue weighted by atomic mass is 31.2. The summed E-state index contributed by atoms with van der Waals surface area (Å²) in [6.45, 7) is 6.34. The van der Waals surface area contributed by atoms with Crippen molar-refractivity contribution >= 4 is 13.6 Å². The summed E-state index contributed by atoms with van der Waals surface area (Å²) in [6.07, 6.45) is 0. The lowest BCUT2D eigenvalue weighted by molar-refractivity contribution is 0.103. The van der Waals surface area contributed by atoms with Crippen LogP contribution in [0, 0.1) is 0 Å². The lowest BCUT2D eigenvalue weighted by Crippen LogP contribution is -2.11. The lowest BCUT2D eigenvalue weighted by Gasteiger charge is -2.19. The van der Waals surface area contributed by atoms with Crippen molar-refractivity contribution in [2.24, 2.45) is 0 Å². The van der Waals surface area contributed by atoms with Crippen LogP contribution in [0.2, 0.25) is 0 Å². The van der Waals surface area contributed by atoms with Crippen molar-refractivity contribution in [1.29, 1.82) is 0 Å². The number of phosphoric acid groups is 1. The van der Waals surface area contributed by atoms with E-state index in [0.717, 1.165) is 5.56 Å². The first-order valence-electron chi connectivity index (χ1n) is 9.16. The third kappa shape index (κ3) is 5.57. The van der Waals surface area contributed by atoms with Crippen molar-refractivity contribution in [3.05, 3.63) is 95.6 Å². The Balaban J connectivity index is 1.69. The number of phosphoric ester groups is 1. The van der Waals surface area contributed by atoms with Crippen LogP contribution in [0.15, 0.2) is 78.9 Å². The number of para-hydroxylation sites is 1. The van der Waals surface area contributed by atoms with Crippen LogP contribution < -0.4 is 9.05 Å². The standard InChI is InChI=1S/C23H23O5P/c1-23(2,3)19-13-9-17(10-14-19)22(24)18-11-15-21(16-12-18)28-29(25,26)27-20-7-5-4-6-8-20/h4-16H,1-3H3,(H,25,26). The van der Waals surface area contributed by atoms with Gasteiger partial charge >= 0.3 is 7.82 Å².